The van der Waals surface area contributed by atoms with Gasteiger partial charge in [0, 0.05) is 24.5 Å². The summed E-state index contributed by atoms with van der Waals surface area (Å²) < 4.78 is 0. The summed E-state index contributed by atoms with van der Waals surface area (Å²) in [5, 5.41) is 20.9. The van der Waals surface area contributed by atoms with E-state index in [0.717, 1.165) is 11.1 Å². The highest BCUT2D eigenvalue weighted by molar-refractivity contribution is 6.21. The molecule has 0 bridgehead atoms. The highest BCUT2D eigenvalue weighted by Crippen LogP contribution is 2.19. The van der Waals surface area contributed by atoms with Gasteiger partial charge in [-0.1, -0.05) is 0 Å². The van der Waals surface area contributed by atoms with Crippen LogP contribution in [0.25, 0.3) is 0 Å². The van der Waals surface area contributed by atoms with Crippen LogP contribution in [-0.4, -0.2) is 22.9 Å². The van der Waals surface area contributed by atoms with Crippen molar-refractivity contribution < 1.29 is 19.5 Å². The summed E-state index contributed by atoms with van der Waals surface area (Å²) in [6, 6.07) is 13.6. The number of rotatable bonds is 5. The molecule has 0 fully saturated rings. The number of carbonyl (C=O) groups is 3. The number of aromatic carboxylic acids is 1. The number of amides is 2. The lowest BCUT2D eigenvalue weighted by atomic mass is 10.2. The zero-order valence-electron chi connectivity index (χ0n) is 14.3. The SMILES string of the molecule is CC(=O)N(C(=O)/C(C#N)=C\Nc1ccc(C(=O)O)cc1)c1ccc(N)cc1. The second-order valence-electron chi connectivity index (χ2n) is 5.45. The molecule has 2 rings (SSSR count). The molecule has 0 aliphatic carbocycles. The Morgan fingerprint density at radius 2 is 1.70 bits per heavy atom. The van der Waals surface area contributed by atoms with Crippen LogP contribution in [0.15, 0.2) is 60.3 Å². The van der Waals surface area contributed by atoms with Gasteiger partial charge in [-0.3, -0.25) is 9.59 Å². The fourth-order valence-electron chi connectivity index (χ4n) is 2.19. The van der Waals surface area contributed by atoms with Crippen molar-refractivity contribution in [2.45, 2.75) is 6.92 Å². The predicted octanol–water partition coefficient (Wildman–Crippen LogP) is 2.37. The molecular weight excluding hydrogens is 348 g/mol. The topological polar surface area (TPSA) is 137 Å². The van der Waals surface area contributed by atoms with Gasteiger partial charge in [0.15, 0.2) is 0 Å². The monoisotopic (exact) mass is 364 g/mol. The molecule has 0 aliphatic heterocycles. The third kappa shape index (κ3) is 4.70. The van der Waals surface area contributed by atoms with Gasteiger partial charge in [0.25, 0.3) is 5.91 Å². The Morgan fingerprint density at radius 1 is 1.11 bits per heavy atom. The highest BCUT2D eigenvalue weighted by atomic mass is 16.4. The Hall–Kier alpha value is -4.12. The van der Waals surface area contributed by atoms with Crippen molar-refractivity contribution in [3.8, 4) is 6.07 Å². The molecule has 0 radical (unpaired) electrons. The molecule has 4 N–H and O–H groups in total. The van der Waals surface area contributed by atoms with Crippen molar-refractivity contribution in [2.24, 2.45) is 0 Å². The zero-order chi connectivity index (χ0) is 20.0. The van der Waals surface area contributed by atoms with E-state index in [1.807, 2.05) is 0 Å². The predicted molar refractivity (Wildman–Crippen MR) is 99.7 cm³/mol. The second kappa shape index (κ2) is 8.31. The van der Waals surface area contributed by atoms with Crippen LogP contribution >= 0.6 is 0 Å². The fraction of sp³-hybridized carbons (Fsp3) is 0.0526. The van der Waals surface area contributed by atoms with Crippen LogP contribution < -0.4 is 16.0 Å². The van der Waals surface area contributed by atoms with E-state index in [1.165, 1.54) is 55.5 Å². The lowest BCUT2D eigenvalue weighted by Gasteiger charge is -2.19. The van der Waals surface area contributed by atoms with Crippen LogP contribution in [0, 0.1) is 11.3 Å². The van der Waals surface area contributed by atoms with Gasteiger partial charge in [-0.2, -0.15) is 5.26 Å². The van der Waals surface area contributed by atoms with Gasteiger partial charge in [0.05, 0.1) is 11.3 Å². The molecule has 0 aromatic heterocycles. The summed E-state index contributed by atoms with van der Waals surface area (Å²) in [6.07, 6.45) is 1.16. The maximum absolute atomic E-state index is 12.6. The number of hydrogen-bond acceptors (Lipinski definition) is 6. The lowest BCUT2D eigenvalue weighted by Crippen LogP contribution is -2.36. The molecule has 8 heteroatoms. The summed E-state index contributed by atoms with van der Waals surface area (Å²) in [5.74, 6) is -2.42. The molecule has 0 unspecified atom stereocenters. The maximum atomic E-state index is 12.6. The van der Waals surface area contributed by atoms with Gasteiger partial charge < -0.3 is 16.2 Å². The minimum absolute atomic E-state index is 0.104. The molecule has 2 aromatic rings. The average molecular weight is 364 g/mol. The van der Waals surface area contributed by atoms with Gasteiger partial charge in [-0.25, -0.2) is 9.69 Å². The number of nitrogens with two attached hydrogens (primary N) is 1. The van der Waals surface area contributed by atoms with Crippen molar-refractivity contribution in [3.63, 3.8) is 0 Å². The Balaban J connectivity index is 2.25. The third-order valence-electron chi connectivity index (χ3n) is 3.54. The largest absolute Gasteiger partial charge is 0.478 e. The number of carbonyl (C=O) groups excluding carboxylic acids is 2. The van der Waals surface area contributed by atoms with Gasteiger partial charge in [0.2, 0.25) is 5.91 Å². The van der Waals surface area contributed by atoms with E-state index < -0.39 is 17.8 Å². The molecule has 0 aliphatic rings. The van der Waals surface area contributed by atoms with Crippen molar-refractivity contribution in [2.75, 3.05) is 16.0 Å². The van der Waals surface area contributed by atoms with E-state index >= 15 is 0 Å². The average Bonchev–Trinajstić information content (AvgIpc) is 2.64. The Kier molecular flexibility index (Phi) is 5.91. The van der Waals surface area contributed by atoms with E-state index in [9.17, 15) is 19.6 Å². The Bertz CT molecular complexity index is 941. The molecule has 0 atom stereocenters. The van der Waals surface area contributed by atoms with Crippen molar-refractivity contribution in [1.29, 1.82) is 5.26 Å². The molecule has 27 heavy (non-hydrogen) atoms. The number of carboxylic acids is 1. The third-order valence-corrected chi connectivity index (χ3v) is 3.54. The molecule has 0 heterocycles. The first kappa shape index (κ1) is 19.2. The maximum Gasteiger partial charge on any atom is 0.335 e. The highest BCUT2D eigenvalue weighted by Gasteiger charge is 2.23. The number of hydrogen-bond donors (Lipinski definition) is 3. The fourth-order valence-corrected chi connectivity index (χ4v) is 2.19. The van der Waals surface area contributed by atoms with Crippen molar-refractivity contribution >= 4 is 34.8 Å². The Morgan fingerprint density at radius 3 is 2.19 bits per heavy atom. The number of nitrogen functional groups attached to an aromatic ring is 1. The number of nitrogens with one attached hydrogen (secondary N) is 1. The molecule has 136 valence electrons. The molecular formula is C19H16N4O4. The quantitative estimate of drug-likeness (QED) is 0.421. The zero-order valence-corrected chi connectivity index (χ0v) is 14.3. The standard InChI is InChI=1S/C19H16N4O4/c1-12(24)23(17-8-4-15(21)5-9-17)18(25)14(10-20)11-22-16-6-2-13(3-7-16)19(26)27/h2-9,11,22H,21H2,1H3,(H,26,27)/b14-11-. The number of anilines is 3. The van der Waals surface area contributed by atoms with Gasteiger partial charge in [-0.15, -0.1) is 0 Å². The first-order chi connectivity index (χ1) is 12.8. The van der Waals surface area contributed by atoms with Gasteiger partial charge in [-0.05, 0) is 48.5 Å². The van der Waals surface area contributed by atoms with Crippen LogP contribution in [0.2, 0.25) is 0 Å². The molecule has 2 amide bonds. The molecule has 0 saturated carbocycles. The van der Waals surface area contributed by atoms with E-state index in [4.69, 9.17) is 10.8 Å². The number of nitriles is 1. The van der Waals surface area contributed by atoms with Gasteiger partial charge >= 0.3 is 5.97 Å². The van der Waals surface area contributed by atoms with E-state index in [2.05, 4.69) is 5.32 Å². The van der Waals surface area contributed by atoms with E-state index in [-0.39, 0.29) is 16.8 Å². The van der Waals surface area contributed by atoms with Crippen molar-refractivity contribution in [1.82, 2.24) is 0 Å². The summed E-state index contributed by atoms with van der Waals surface area (Å²) in [7, 11) is 0. The summed E-state index contributed by atoms with van der Waals surface area (Å²) >= 11 is 0. The number of carboxylic acid groups (broad SMARTS) is 1. The molecule has 0 saturated heterocycles. The van der Waals surface area contributed by atoms with E-state index in [0.29, 0.717) is 11.4 Å². The van der Waals surface area contributed by atoms with Crippen LogP contribution in [0.1, 0.15) is 17.3 Å². The summed E-state index contributed by atoms with van der Waals surface area (Å²) in [6.45, 7) is 1.21. The smallest absolute Gasteiger partial charge is 0.335 e. The van der Waals surface area contributed by atoms with E-state index in [1.54, 1.807) is 6.07 Å². The molecule has 2 aromatic carbocycles. The van der Waals surface area contributed by atoms with Crippen LogP contribution in [0.4, 0.5) is 17.1 Å². The van der Waals surface area contributed by atoms with Crippen LogP contribution in [-0.2, 0) is 9.59 Å². The normalized spacial score (nSPS) is 10.6. The Labute approximate surface area is 155 Å². The first-order valence-corrected chi connectivity index (χ1v) is 7.74. The van der Waals surface area contributed by atoms with Gasteiger partial charge in [0.1, 0.15) is 11.6 Å². The number of nitrogens with zero attached hydrogens (tertiary/aromatic N) is 2. The summed E-state index contributed by atoms with van der Waals surface area (Å²) in [5.41, 5.74) is 6.64. The van der Waals surface area contributed by atoms with Crippen LogP contribution in [0.3, 0.4) is 0 Å². The minimum atomic E-state index is -1.06. The van der Waals surface area contributed by atoms with Crippen LogP contribution in [0.5, 0.6) is 0 Å². The second-order valence-corrected chi connectivity index (χ2v) is 5.45. The van der Waals surface area contributed by atoms with Crippen molar-refractivity contribution in [3.05, 3.63) is 65.9 Å². The first-order valence-electron chi connectivity index (χ1n) is 7.74. The number of benzene rings is 2. The molecule has 8 nitrogen and oxygen atoms in total. The lowest BCUT2D eigenvalue weighted by molar-refractivity contribution is -0.123. The molecule has 0 spiro atoms. The minimum Gasteiger partial charge on any atom is -0.478 e. The summed E-state index contributed by atoms with van der Waals surface area (Å²) in [4.78, 5) is 36.3. The number of imide groups is 1.